The van der Waals surface area contributed by atoms with Crippen LogP contribution in [-0.2, 0) is 11.3 Å². The quantitative estimate of drug-likeness (QED) is 0.794. The fourth-order valence-electron chi connectivity index (χ4n) is 1.24. The van der Waals surface area contributed by atoms with Gasteiger partial charge in [-0.05, 0) is 21.0 Å². The Labute approximate surface area is 103 Å². The zero-order valence-corrected chi connectivity index (χ0v) is 10.8. The molecule has 1 aromatic heterocycles. The molecule has 0 atom stereocenters. The van der Waals surface area contributed by atoms with Crippen LogP contribution in [0.4, 0.5) is 0 Å². The van der Waals surface area contributed by atoms with E-state index >= 15 is 0 Å². The number of thiazole rings is 1. The highest BCUT2D eigenvalue weighted by atomic mass is 32.1. The van der Waals surface area contributed by atoms with Crippen molar-refractivity contribution >= 4 is 23.2 Å². The lowest BCUT2D eigenvalue weighted by Crippen LogP contribution is -2.32. The van der Waals surface area contributed by atoms with Crippen LogP contribution in [0.2, 0.25) is 0 Å². The van der Waals surface area contributed by atoms with Crippen molar-refractivity contribution in [3.05, 3.63) is 15.6 Å². The number of carboxylic acids is 1. The molecule has 0 aliphatic heterocycles. The largest absolute Gasteiger partial charge is 0.476 e. The maximum atomic E-state index is 11.4. The summed E-state index contributed by atoms with van der Waals surface area (Å²) in [6.07, 6.45) is 0. The fraction of sp³-hybridized carbons (Fsp3) is 0.500. The second-order valence-electron chi connectivity index (χ2n) is 3.83. The van der Waals surface area contributed by atoms with E-state index in [0.29, 0.717) is 16.4 Å². The fourth-order valence-corrected chi connectivity index (χ4v) is 2.11. The Morgan fingerprint density at radius 3 is 2.59 bits per heavy atom. The van der Waals surface area contributed by atoms with Gasteiger partial charge < -0.3 is 15.3 Å². The molecule has 7 heteroatoms. The van der Waals surface area contributed by atoms with Crippen LogP contribution in [0.1, 0.15) is 20.4 Å². The molecule has 0 aromatic carbocycles. The van der Waals surface area contributed by atoms with Crippen molar-refractivity contribution in [3.8, 4) is 0 Å². The van der Waals surface area contributed by atoms with E-state index in [-0.39, 0.29) is 18.1 Å². The van der Waals surface area contributed by atoms with Crippen LogP contribution in [0.15, 0.2) is 0 Å². The molecule has 0 fully saturated rings. The molecule has 1 heterocycles. The van der Waals surface area contributed by atoms with E-state index in [0.717, 1.165) is 0 Å². The minimum Gasteiger partial charge on any atom is -0.476 e. The predicted molar refractivity (Wildman–Crippen MR) is 64.2 cm³/mol. The monoisotopic (exact) mass is 257 g/mol. The zero-order valence-electron chi connectivity index (χ0n) is 9.98. The molecule has 1 rings (SSSR count). The van der Waals surface area contributed by atoms with Crippen LogP contribution in [0.5, 0.6) is 0 Å². The SMILES string of the molecule is Cc1sc(CNC(=O)CN(C)C)nc1C(=O)O. The topological polar surface area (TPSA) is 82.5 Å². The number of aromatic carboxylic acids is 1. The van der Waals surface area contributed by atoms with Gasteiger partial charge in [0.25, 0.3) is 0 Å². The Morgan fingerprint density at radius 1 is 1.47 bits per heavy atom. The van der Waals surface area contributed by atoms with E-state index in [9.17, 15) is 9.59 Å². The Morgan fingerprint density at radius 2 is 2.12 bits per heavy atom. The lowest BCUT2D eigenvalue weighted by atomic mass is 10.4. The number of carbonyl (C=O) groups excluding carboxylic acids is 1. The normalized spacial score (nSPS) is 10.6. The Hall–Kier alpha value is -1.47. The average molecular weight is 257 g/mol. The standard InChI is InChI=1S/C10H15N3O3S/c1-6-9(10(15)16)12-8(17-6)4-11-7(14)5-13(2)3/h4-5H2,1-3H3,(H,11,14)(H,15,16). The van der Waals surface area contributed by atoms with E-state index in [1.807, 2.05) is 0 Å². The van der Waals surface area contributed by atoms with E-state index in [1.54, 1.807) is 25.9 Å². The zero-order chi connectivity index (χ0) is 13.0. The van der Waals surface area contributed by atoms with Crippen molar-refractivity contribution in [3.63, 3.8) is 0 Å². The number of nitrogens with one attached hydrogen (secondary N) is 1. The van der Waals surface area contributed by atoms with Crippen molar-refractivity contribution in [1.82, 2.24) is 15.2 Å². The number of carbonyl (C=O) groups is 2. The highest BCUT2D eigenvalue weighted by Crippen LogP contribution is 2.17. The number of amides is 1. The summed E-state index contributed by atoms with van der Waals surface area (Å²) in [6, 6.07) is 0. The molecule has 2 N–H and O–H groups in total. The smallest absolute Gasteiger partial charge is 0.355 e. The van der Waals surface area contributed by atoms with Gasteiger partial charge in [-0.3, -0.25) is 4.79 Å². The summed E-state index contributed by atoms with van der Waals surface area (Å²) in [6.45, 7) is 2.27. The molecule has 0 radical (unpaired) electrons. The Kier molecular flexibility index (Phi) is 4.59. The number of aromatic nitrogens is 1. The number of hydrogen-bond donors (Lipinski definition) is 2. The second-order valence-corrected chi connectivity index (χ2v) is 5.12. The molecule has 0 bridgehead atoms. The van der Waals surface area contributed by atoms with Crippen molar-refractivity contribution in [2.75, 3.05) is 20.6 Å². The summed E-state index contributed by atoms with van der Waals surface area (Å²) in [5.41, 5.74) is 0.0619. The Balaban J connectivity index is 2.55. The van der Waals surface area contributed by atoms with Crippen LogP contribution in [0.3, 0.4) is 0 Å². The van der Waals surface area contributed by atoms with Crippen molar-refractivity contribution in [2.24, 2.45) is 0 Å². The summed E-state index contributed by atoms with van der Waals surface area (Å²) in [7, 11) is 3.60. The lowest BCUT2D eigenvalue weighted by molar-refractivity contribution is -0.121. The van der Waals surface area contributed by atoms with Crippen molar-refractivity contribution < 1.29 is 14.7 Å². The van der Waals surface area contributed by atoms with Crippen LogP contribution in [0.25, 0.3) is 0 Å². The van der Waals surface area contributed by atoms with Crippen molar-refractivity contribution in [2.45, 2.75) is 13.5 Å². The molecule has 94 valence electrons. The van der Waals surface area contributed by atoms with Gasteiger partial charge in [-0.25, -0.2) is 9.78 Å². The van der Waals surface area contributed by atoms with Crippen LogP contribution in [0, 0.1) is 6.92 Å². The van der Waals surface area contributed by atoms with Gasteiger partial charge in [0.2, 0.25) is 5.91 Å². The van der Waals surface area contributed by atoms with Crippen molar-refractivity contribution in [1.29, 1.82) is 0 Å². The molecule has 0 aliphatic carbocycles. The van der Waals surface area contributed by atoms with Gasteiger partial charge in [-0.2, -0.15) is 0 Å². The van der Waals surface area contributed by atoms with E-state index in [2.05, 4.69) is 10.3 Å². The number of aryl methyl sites for hydroxylation is 1. The molecular formula is C10H15N3O3S. The molecule has 1 aromatic rings. The predicted octanol–water partition coefficient (Wildman–Crippen LogP) is 0.328. The third kappa shape index (κ3) is 4.12. The molecule has 0 aliphatic rings. The Bertz CT molecular complexity index is 428. The number of nitrogens with zero attached hydrogens (tertiary/aromatic N) is 2. The highest BCUT2D eigenvalue weighted by molar-refractivity contribution is 7.11. The maximum Gasteiger partial charge on any atom is 0.355 e. The number of rotatable bonds is 5. The summed E-state index contributed by atoms with van der Waals surface area (Å²) >= 11 is 1.28. The summed E-state index contributed by atoms with van der Waals surface area (Å²) < 4.78 is 0. The van der Waals surface area contributed by atoms with Gasteiger partial charge in [0.15, 0.2) is 5.69 Å². The lowest BCUT2D eigenvalue weighted by Gasteiger charge is -2.08. The third-order valence-corrected chi connectivity index (χ3v) is 2.91. The average Bonchev–Trinajstić information content (AvgIpc) is 2.56. The van der Waals surface area contributed by atoms with E-state index in [1.165, 1.54) is 11.3 Å². The van der Waals surface area contributed by atoms with E-state index < -0.39 is 5.97 Å². The first-order valence-corrected chi connectivity index (χ1v) is 5.83. The number of carboxylic acid groups (broad SMARTS) is 1. The van der Waals surface area contributed by atoms with Gasteiger partial charge >= 0.3 is 5.97 Å². The highest BCUT2D eigenvalue weighted by Gasteiger charge is 2.14. The summed E-state index contributed by atoms with van der Waals surface area (Å²) in [5.74, 6) is -1.15. The molecule has 1 amide bonds. The number of likely N-dealkylation sites (N-methyl/N-ethyl adjacent to an activating group) is 1. The maximum absolute atomic E-state index is 11.4. The first-order valence-electron chi connectivity index (χ1n) is 5.01. The molecule has 0 unspecified atom stereocenters. The minimum absolute atomic E-state index is 0.0619. The van der Waals surface area contributed by atoms with Gasteiger partial charge in [0.1, 0.15) is 5.01 Å². The first-order chi connectivity index (χ1) is 7.90. The van der Waals surface area contributed by atoms with Crippen LogP contribution >= 0.6 is 11.3 Å². The van der Waals surface area contributed by atoms with Crippen LogP contribution < -0.4 is 5.32 Å². The molecular weight excluding hydrogens is 242 g/mol. The van der Waals surface area contributed by atoms with E-state index in [4.69, 9.17) is 5.11 Å². The molecule has 0 saturated carbocycles. The summed E-state index contributed by atoms with van der Waals surface area (Å²) in [5, 5.41) is 12.1. The van der Waals surface area contributed by atoms with Gasteiger partial charge in [0, 0.05) is 4.88 Å². The van der Waals surface area contributed by atoms with Crippen LogP contribution in [-0.4, -0.2) is 47.5 Å². The minimum atomic E-state index is -1.04. The first kappa shape index (κ1) is 13.6. The van der Waals surface area contributed by atoms with Gasteiger partial charge in [0.05, 0.1) is 13.1 Å². The van der Waals surface area contributed by atoms with Gasteiger partial charge in [-0.15, -0.1) is 11.3 Å². The molecule has 0 saturated heterocycles. The molecule has 0 spiro atoms. The molecule has 6 nitrogen and oxygen atoms in total. The molecule has 17 heavy (non-hydrogen) atoms. The van der Waals surface area contributed by atoms with Gasteiger partial charge in [-0.1, -0.05) is 0 Å². The summed E-state index contributed by atoms with van der Waals surface area (Å²) in [4.78, 5) is 28.5. The number of hydrogen-bond acceptors (Lipinski definition) is 5. The second kappa shape index (κ2) is 5.74. The third-order valence-electron chi connectivity index (χ3n) is 1.94.